The van der Waals surface area contributed by atoms with Gasteiger partial charge in [0.05, 0.1) is 17.2 Å². The number of anilines is 1. The largest absolute Gasteiger partial charge is 0.337 e. The number of aryl methyl sites for hydroxylation is 1. The highest BCUT2D eigenvalue weighted by Gasteiger charge is 2.32. The van der Waals surface area contributed by atoms with Crippen LogP contribution in [0, 0.1) is 31.1 Å². The van der Waals surface area contributed by atoms with E-state index in [0.29, 0.717) is 35.7 Å². The van der Waals surface area contributed by atoms with Crippen LogP contribution in [0.15, 0.2) is 30.5 Å². The van der Waals surface area contributed by atoms with Crippen molar-refractivity contribution in [2.75, 3.05) is 25.0 Å². The van der Waals surface area contributed by atoms with Gasteiger partial charge in [0.25, 0.3) is 5.91 Å². The van der Waals surface area contributed by atoms with Crippen molar-refractivity contribution in [3.8, 4) is 6.07 Å². The van der Waals surface area contributed by atoms with Gasteiger partial charge in [-0.25, -0.2) is 0 Å². The molecule has 172 valence electrons. The van der Waals surface area contributed by atoms with Crippen molar-refractivity contribution in [2.24, 2.45) is 5.92 Å². The van der Waals surface area contributed by atoms with Crippen LogP contribution in [0.3, 0.4) is 0 Å². The molecule has 1 aliphatic heterocycles. The van der Waals surface area contributed by atoms with E-state index in [1.807, 2.05) is 24.8 Å². The summed E-state index contributed by atoms with van der Waals surface area (Å²) < 4.78 is 0. The molecule has 0 unspecified atom stereocenters. The molecule has 1 saturated carbocycles. The lowest BCUT2D eigenvalue weighted by molar-refractivity contribution is -0.136. The highest BCUT2D eigenvalue weighted by molar-refractivity contribution is 6.04. The van der Waals surface area contributed by atoms with E-state index in [1.54, 1.807) is 24.4 Å². The van der Waals surface area contributed by atoms with Gasteiger partial charge < -0.3 is 10.2 Å². The first kappa shape index (κ1) is 22.9. The molecule has 2 heterocycles. The molecule has 1 aromatic carbocycles. The molecule has 7 nitrogen and oxygen atoms in total. The van der Waals surface area contributed by atoms with Gasteiger partial charge in [0.1, 0.15) is 0 Å². The van der Waals surface area contributed by atoms with Crippen LogP contribution in [0.1, 0.15) is 58.9 Å². The van der Waals surface area contributed by atoms with Crippen molar-refractivity contribution >= 4 is 17.5 Å². The van der Waals surface area contributed by atoms with E-state index in [9.17, 15) is 14.9 Å². The molecule has 1 aliphatic carbocycles. The molecule has 2 fully saturated rings. The van der Waals surface area contributed by atoms with Gasteiger partial charge >= 0.3 is 0 Å². The first-order valence-corrected chi connectivity index (χ1v) is 11.6. The minimum atomic E-state index is -0.247. The molecular weight excluding hydrogens is 414 g/mol. The Morgan fingerprint density at radius 1 is 1.21 bits per heavy atom. The maximum absolute atomic E-state index is 12.7. The van der Waals surface area contributed by atoms with Gasteiger partial charge in [-0.1, -0.05) is 0 Å². The Hall–Kier alpha value is -3.24. The average Bonchev–Trinajstić information content (AvgIpc) is 3.60. The van der Waals surface area contributed by atoms with Crippen LogP contribution in [-0.4, -0.2) is 52.3 Å². The normalized spacial score (nSPS) is 18.6. The van der Waals surface area contributed by atoms with Crippen LogP contribution in [0.5, 0.6) is 0 Å². The van der Waals surface area contributed by atoms with E-state index in [-0.39, 0.29) is 17.9 Å². The van der Waals surface area contributed by atoms with Crippen molar-refractivity contribution in [1.82, 2.24) is 14.8 Å². The molecule has 0 radical (unpaired) electrons. The SMILES string of the molecule is Cc1ccc(C(=O)Nc2cc(C#N)cc(CN3CCN(C(=O)CC4CC4)[C@@H](C)C3)c2C)cn1. The number of nitriles is 1. The Bertz CT molecular complexity index is 1090. The first-order valence-electron chi connectivity index (χ1n) is 11.6. The number of nitrogens with zero attached hydrogens (tertiary/aromatic N) is 4. The van der Waals surface area contributed by atoms with Crippen LogP contribution in [-0.2, 0) is 11.3 Å². The van der Waals surface area contributed by atoms with Gasteiger partial charge in [-0.05, 0) is 74.9 Å². The summed E-state index contributed by atoms with van der Waals surface area (Å²) in [6.07, 6.45) is 4.62. The number of hydrogen-bond acceptors (Lipinski definition) is 5. The zero-order valence-electron chi connectivity index (χ0n) is 19.6. The monoisotopic (exact) mass is 445 g/mol. The predicted octanol–water partition coefficient (Wildman–Crippen LogP) is 3.66. The molecule has 4 rings (SSSR count). The average molecular weight is 446 g/mol. The smallest absolute Gasteiger partial charge is 0.257 e. The fourth-order valence-electron chi connectivity index (χ4n) is 4.40. The van der Waals surface area contributed by atoms with Gasteiger partial charge in [0.2, 0.25) is 5.91 Å². The number of benzene rings is 1. The zero-order chi connectivity index (χ0) is 23.5. The van der Waals surface area contributed by atoms with Crippen molar-refractivity contribution in [3.05, 3.63) is 58.4 Å². The third-order valence-corrected chi connectivity index (χ3v) is 6.65. The molecule has 1 N–H and O–H groups in total. The summed E-state index contributed by atoms with van der Waals surface area (Å²) in [7, 11) is 0. The molecule has 33 heavy (non-hydrogen) atoms. The van der Waals surface area contributed by atoms with Gasteiger partial charge in [-0.2, -0.15) is 5.26 Å². The molecule has 0 bridgehead atoms. The predicted molar refractivity (Wildman–Crippen MR) is 127 cm³/mol. The van der Waals surface area contributed by atoms with E-state index in [1.165, 1.54) is 12.8 Å². The van der Waals surface area contributed by atoms with E-state index in [0.717, 1.165) is 36.5 Å². The summed E-state index contributed by atoms with van der Waals surface area (Å²) in [4.78, 5) is 33.8. The molecule has 1 saturated heterocycles. The van der Waals surface area contributed by atoms with Crippen molar-refractivity contribution in [3.63, 3.8) is 0 Å². The second-order valence-electron chi connectivity index (χ2n) is 9.38. The lowest BCUT2D eigenvalue weighted by Gasteiger charge is -2.40. The quantitative estimate of drug-likeness (QED) is 0.733. The maximum Gasteiger partial charge on any atom is 0.257 e. The van der Waals surface area contributed by atoms with Crippen molar-refractivity contribution in [1.29, 1.82) is 5.26 Å². The van der Waals surface area contributed by atoms with Crippen LogP contribution in [0.4, 0.5) is 5.69 Å². The lowest BCUT2D eigenvalue weighted by Crippen LogP contribution is -2.53. The number of carbonyl (C=O) groups excluding carboxylic acids is 2. The van der Waals surface area contributed by atoms with E-state index in [4.69, 9.17) is 0 Å². The van der Waals surface area contributed by atoms with Crippen LogP contribution in [0.25, 0.3) is 0 Å². The molecular formula is C26H31N5O2. The van der Waals surface area contributed by atoms with Gasteiger partial charge in [-0.15, -0.1) is 0 Å². The summed E-state index contributed by atoms with van der Waals surface area (Å²) in [6, 6.07) is 9.54. The van der Waals surface area contributed by atoms with Gasteiger partial charge in [0, 0.05) is 56.2 Å². The van der Waals surface area contributed by atoms with E-state index >= 15 is 0 Å². The van der Waals surface area contributed by atoms with Crippen LogP contribution in [0.2, 0.25) is 0 Å². The number of rotatable bonds is 6. The Morgan fingerprint density at radius 2 is 2.00 bits per heavy atom. The summed E-state index contributed by atoms with van der Waals surface area (Å²) in [6.45, 7) is 8.95. The van der Waals surface area contributed by atoms with Crippen LogP contribution < -0.4 is 5.32 Å². The standard InChI is InChI=1S/C26H31N5O2/c1-17-4-7-22(14-28-17)26(33)29-24-11-21(13-27)10-23(19(24)3)16-30-8-9-31(18(2)15-30)25(32)12-20-5-6-20/h4,7,10-11,14,18,20H,5-6,8-9,12,15-16H2,1-3H3,(H,29,33)/t18-/m0/s1. The number of pyridine rings is 1. The maximum atomic E-state index is 12.7. The summed E-state index contributed by atoms with van der Waals surface area (Å²) >= 11 is 0. The third-order valence-electron chi connectivity index (χ3n) is 6.65. The van der Waals surface area contributed by atoms with Gasteiger partial charge in [0.15, 0.2) is 0 Å². The topological polar surface area (TPSA) is 89.3 Å². The summed E-state index contributed by atoms with van der Waals surface area (Å²) in [5.74, 6) is 0.634. The number of piperazine rings is 1. The van der Waals surface area contributed by atoms with Crippen LogP contribution >= 0.6 is 0 Å². The number of amides is 2. The molecule has 2 aromatic rings. The molecule has 2 aliphatic rings. The first-order chi connectivity index (χ1) is 15.8. The molecule has 1 atom stereocenters. The fourth-order valence-corrected chi connectivity index (χ4v) is 4.40. The van der Waals surface area contributed by atoms with Gasteiger partial charge in [-0.3, -0.25) is 19.5 Å². The molecule has 0 spiro atoms. The number of aromatic nitrogens is 1. The highest BCUT2D eigenvalue weighted by atomic mass is 16.2. The summed E-state index contributed by atoms with van der Waals surface area (Å²) in [5, 5.41) is 12.5. The second-order valence-corrected chi connectivity index (χ2v) is 9.38. The Balaban J connectivity index is 1.45. The lowest BCUT2D eigenvalue weighted by atomic mass is 10.0. The van der Waals surface area contributed by atoms with Crippen molar-refractivity contribution < 1.29 is 9.59 Å². The zero-order valence-corrected chi connectivity index (χ0v) is 19.6. The number of nitrogens with one attached hydrogen (secondary N) is 1. The fraction of sp³-hybridized carbons (Fsp3) is 0.462. The highest BCUT2D eigenvalue weighted by Crippen LogP contribution is 2.33. The molecule has 7 heteroatoms. The minimum Gasteiger partial charge on any atom is -0.337 e. The Kier molecular flexibility index (Phi) is 6.75. The van der Waals surface area contributed by atoms with E-state index < -0.39 is 0 Å². The number of carbonyl (C=O) groups is 2. The molecule has 2 amide bonds. The van der Waals surface area contributed by atoms with E-state index in [2.05, 4.69) is 28.2 Å². The molecule has 1 aromatic heterocycles. The second kappa shape index (κ2) is 9.72. The summed E-state index contributed by atoms with van der Waals surface area (Å²) in [5.41, 5.74) is 4.43. The minimum absolute atomic E-state index is 0.165. The Labute approximate surface area is 195 Å². The number of hydrogen-bond donors (Lipinski definition) is 1. The Morgan fingerprint density at radius 3 is 2.64 bits per heavy atom. The van der Waals surface area contributed by atoms with Crippen molar-refractivity contribution in [2.45, 2.75) is 52.6 Å². The third kappa shape index (κ3) is 5.58.